The maximum absolute atomic E-state index is 12.3. The van der Waals surface area contributed by atoms with Crippen LogP contribution in [0.25, 0.3) is 0 Å². The first-order chi connectivity index (χ1) is 11.5. The summed E-state index contributed by atoms with van der Waals surface area (Å²) in [6.07, 6.45) is 2.04. The standard InChI is InChI=1S/C19H25ClN2O2/c1-15-6-8-17(9-7-15)13-21-10-4-5-18(21)14-22(11-12-24-3)19(23)16(2)20/h4-10,16H,11-14H2,1-3H3/t16-/m1/s1. The topological polar surface area (TPSA) is 34.5 Å². The molecule has 1 amide bonds. The van der Waals surface area contributed by atoms with Crippen molar-refractivity contribution in [2.45, 2.75) is 32.3 Å². The summed E-state index contributed by atoms with van der Waals surface area (Å²) in [5.41, 5.74) is 3.56. The number of hydrogen-bond donors (Lipinski definition) is 0. The normalized spacial score (nSPS) is 12.2. The third kappa shape index (κ3) is 5.11. The summed E-state index contributed by atoms with van der Waals surface area (Å²) in [6.45, 7) is 6.12. The van der Waals surface area contributed by atoms with Gasteiger partial charge < -0.3 is 14.2 Å². The van der Waals surface area contributed by atoms with Crippen molar-refractivity contribution in [2.24, 2.45) is 0 Å². The summed E-state index contributed by atoms with van der Waals surface area (Å²) < 4.78 is 7.28. The number of alkyl halides is 1. The van der Waals surface area contributed by atoms with E-state index in [2.05, 4.69) is 35.8 Å². The molecule has 0 saturated heterocycles. The highest BCUT2D eigenvalue weighted by Gasteiger charge is 2.19. The van der Waals surface area contributed by atoms with Crippen molar-refractivity contribution in [1.82, 2.24) is 9.47 Å². The molecule has 0 bridgehead atoms. The molecule has 0 aliphatic heterocycles. The molecule has 0 N–H and O–H groups in total. The van der Waals surface area contributed by atoms with Crippen LogP contribution in [-0.4, -0.2) is 41.0 Å². The Bertz CT molecular complexity index is 650. The van der Waals surface area contributed by atoms with E-state index in [1.807, 2.05) is 18.3 Å². The fourth-order valence-electron chi connectivity index (χ4n) is 2.55. The molecule has 0 radical (unpaired) electrons. The number of halogens is 1. The fourth-order valence-corrected chi connectivity index (χ4v) is 2.69. The highest BCUT2D eigenvalue weighted by Crippen LogP contribution is 2.13. The lowest BCUT2D eigenvalue weighted by Crippen LogP contribution is -2.38. The Kier molecular flexibility index (Phi) is 6.88. The molecule has 0 spiro atoms. The van der Waals surface area contributed by atoms with E-state index in [1.54, 1.807) is 18.9 Å². The van der Waals surface area contributed by atoms with Gasteiger partial charge in [-0.15, -0.1) is 11.6 Å². The molecule has 4 nitrogen and oxygen atoms in total. The van der Waals surface area contributed by atoms with Crippen molar-refractivity contribution in [3.63, 3.8) is 0 Å². The predicted molar refractivity (Wildman–Crippen MR) is 97.3 cm³/mol. The molecule has 0 unspecified atom stereocenters. The van der Waals surface area contributed by atoms with Gasteiger partial charge in [0.05, 0.1) is 13.2 Å². The molecule has 1 aromatic carbocycles. The van der Waals surface area contributed by atoms with Gasteiger partial charge in [-0.05, 0) is 31.5 Å². The van der Waals surface area contributed by atoms with Crippen LogP contribution in [0.3, 0.4) is 0 Å². The number of aromatic nitrogens is 1. The molecule has 130 valence electrons. The molecule has 2 aromatic rings. The zero-order valence-corrected chi connectivity index (χ0v) is 15.3. The SMILES string of the molecule is COCCN(Cc1cccn1Cc1ccc(C)cc1)C(=O)[C@@H](C)Cl. The second-order valence-electron chi connectivity index (χ2n) is 5.98. The summed E-state index contributed by atoms with van der Waals surface area (Å²) in [7, 11) is 1.63. The van der Waals surface area contributed by atoms with Crippen LogP contribution in [0.1, 0.15) is 23.7 Å². The second-order valence-corrected chi connectivity index (χ2v) is 6.64. The Morgan fingerprint density at radius 1 is 1.29 bits per heavy atom. The van der Waals surface area contributed by atoms with E-state index in [-0.39, 0.29) is 5.91 Å². The Labute approximate surface area is 149 Å². The summed E-state index contributed by atoms with van der Waals surface area (Å²) in [5, 5.41) is -0.539. The average Bonchev–Trinajstić information content (AvgIpc) is 2.99. The van der Waals surface area contributed by atoms with E-state index in [0.29, 0.717) is 19.7 Å². The van der Waals surface area contributed by atoms with Crippen molar-refractivity contribution in [3.8, 4) is 0 Å². The van der Waals surface area contributed by atoms with E-state index in [9.17, 15) is 4.79 Å². The summed E-state index contributed by atoms with van der Waals surface area (Å²) in [5.74, 6) is -0.0724. The summed E-state index contributed by atoms with van der Waals surface area (Å²) >= 11 is 5.99. The van der Waals surface area contributed by atoms with E-state index in [1.165, 1.54) is 11.1 Å². The lowest BCUT2D eigenvalue weighted by Gasteiger charge is -2.24. The van der Waals surface area contributed by atoms with Gasteiger partial charge in [-0.2, -0.15) is 0 Å². The zero-order chi connectivity index (χ0) is 17.5. The number of hydrogen-bond acceptors (Lipinski definition) is 2. The van der Waals surface area contributed by atoms with E-state index < -0.39 is 5.38 Å². The molecule has 1 heterocycles. The van der Waals surface area contributed by atoms with Gasteiger partial charge in [0.15, 0.2) is 0 Å². The summed E-state index contributed by atoms with van der Waals surface area (Å²) in [6, 6.07) is 12.5. The molecular formula is C19H25ClN2O2. The molecule has 0 fully saturated rings. The number of amides is 1. The summed E-state index contributed by atoms with van der Waals surface area (Å²) in [4.78, 5) is 14.1. The Morgan fingerprint density at radius 3 is 2.62 bits per heavy atom. The Morgan fingerprint density at radius 2 is 2.00 bits per heavy atom. The maximum atomic E-state index is 12.3. The van der Waals surface area contributed by atoms with E-state index in [0.717, 1.165) is 12.2 Å². The first kappa shape index (κ1) is 18.6. The Hall–Kier alpha value is -1.78. The maximum Gasteiger partial charge on any atom is 0.240 e. The van der Waals surface area contributed by atoms with Gasteiger partial charge in [0.1, 0.15) is 5.38 Å². The van der Waals surface area contributed by atoms with Crippen LogP contribution in [0.2, 0.25) is 0 Å². The molecule has 0 aliphatic carbocycles. The molecule has 0 saturated carbocycles. The first-order valence-electron chi connectivity index (χ1n) is 8.12. The second kappa shape index (κ2) is 8.90. The number of benzene rings is 1. The molecule has 1 atom stereocenters. The molecular weight excluding hydrogens is 324 g/mol. The highest BCUT2D eigenvalue weighted by atomic mass is 35.5. The van der Waals surface area contributed by atoms with Crippen LogP contribution in [-0.2, 0) is 22.6 Å². The van der Waals surface area contributed by atoms with Crippen molar-refractivity contribution >= 4 is 17.5 Å². The average molecular weight is 349 g/mol. The number of carbonyl (C=O) groups is 1. The van der Waals surface area contributed by atoms with Crippen LogP contribution >= 0.6 is 11.6 Å². The van der Waals surface area contributed by atoms with Gasteiger partial charge in [0.25, 0.3) is 0 Å². The number of carbonyl (C=O) groups excluding carboxylic acids is 1. The molecule has 2 rings (SSSR count). The Balaban J connectivity index is 2.11. The fraction of sp³-hybridized carbons (Fsp3) is 0.421. The van der Waals surface area contributed by atoms with Crippen molar-refractivity contribution in [3.05, 3.63) is 59.4 Å². The molecule has 5 heteroatoms. The van der Waals surface area contributed by atoms with E-state index in [4.69, 9.17) is 16.3 Å². The monoisotopic (exact) mass is 348 g/mol. The largest absolute Gasteiger partial charge is 0.383 e. The smallest absolute Gasteiger partial charge is 0.240 e. The number of ether oxygens (including phenoxy) is 1. The predicted octanol–water partition coefficient (Wildman–Crippen LogP) is 3.45. The van der Waals surface area contributed by atoms with E-state index >= 15 is 0 Å². The third-order valence-corrected chi connectivity index (χ3v) is 4.15. The van der Waals surface area contributed by atoms with Crippen LogP contribution in [0.4, 0.5) is 0 Å². The molecule has 1 aromatic heterocycles. The van der Waals surface area contributed by atoms with Gasteiger partial charge in [-0.25, -0.2) is 0 Å². The van der Waals surface area contributed by atoms with Crippen molar-refractivity contribution in [2.75, 3.05) is 20.3 Å². The molecule has 0 aliphatic rings. The van der Waals surface area contributed by atoms with Crippen LogP contribution in [0.5, 0.6) is 0 Å². The number of methoxy groups -OCH3 is 1. The van der Waals surface area contributed by atoms with Crippen LogP contribution in [0, 0.1) is 6.92 Å². The minimum atomic E-state index is -0.539. The van der Waals surface area contributed by atoms with Gasteiger partial charge in [0.2, 0.25) is 5.91 Å². The lowest BCUT2D eigenvalue weighted by atomic mass is 10.1. The number of nitrogens with zero attached hydrogens (tertiary/aromatic N) is 2. The van der Waals surface area contributed by atoms with Crippen LogP contribution < -0.4 is 0 Å². The molecule has 24 heavy (non-hydrogen) atoms. The first-order valence-corrected chi connectivity index (χ1v) is 8.56. The van der Waals surface area contributed by atoms with Crippen molar-refractivity contribution in [1.29, 1.82) is 0 Å². The zero-order valence-electron chi connectivity index (χ0n) is 14.5. The minimum absolute atomic E-state index is 0.0724. The highest BCUT2D eigenvalue weighted by molar-refractivity contribution is 6.30. The van der Waals surface area contributed by atoms with Gasteiger partial charge in [0, 0.05) is 32.1 Å². The van der Waals surface area contributed by atoms with Gasteiger partial charge in [-0.1, -0.05) is 29.8 Å². The third-order valence-electron chi connectivity index (χ3n) is 3.97. The lowest BCUT2D eigenvalue weighted by molar-refractivity contribution is -0.131. The number of aryl methyl sites for hydroxylation is 1. The van der Waals surface area contributed by atoms with Gasteiger partial charge in [-0.3, -0.25) is 4.79 Å². The number of rotatable bonds is 8. The van der Waals surface area contributed by atoms with Crippen LogP contribution in [0.15, 0.2) is 42.6 Å². The van der Waals surface area contributed by atoms with Crippen molar-refractivity contribution < 1.29 is 9.53 Å². The minimum Gasteiger partial charge on any atom is -0.383 e. The van der Waals surface area contributed by atoms with Gasteiger partial charge >= 0.3 is 0 Å². The quantitative estimate of drug-likeness (QED) is 0.685.